The molecule has 3 heteroatoms. The highest BCUT2D eigenvalue weighted by molar-refractivity contribution is 5.44. The molecule has 0 spiro atoms. The van der Waals surface area contributed by atoms with Crippen LogP contribution in [0.2, 0.25) is 0 Å². The summed E-state index contributed by atoms with van der Waals surface area (Å²) in [6.07, 6.45) is 1.05. The van der Waals surface area contributed by atoms with E-state index < -0.39 is 6.10 Å². The molecule has 0 aromatic heterocycles. The average molecular weight is 265 g/mol. The van der Waals surface area contributed by atoms with Gasteiger partial charge in [-0.15, -0.1) is 0 Å². The lowest BCUT2D eigenvalue weighted by atomic mass is 9.87. The van der Waals surface area contributed by atoms with Gasteiger partial charge in [-0.3, -0.25) is 0 Å². The van der Waals surface area contributed by atoms with E-state index in [1.54, 1.807) is 7.11 Å². The third-order valence-electron chi connectivity index (χ3n) is 4.09. The van der Waals surface area contributed by atoms with Gasteiger partial charge in [0.1, 0.15) is 5.75 Å². The number of aliphatic hydroxyl groups excluding tert-OH is 1. The number of nitrogens with two attached hydrogens (primary N) is 1. The van der Waals surface area contributed by atoms with Gasteiger partial charge in [0.15, 0.2) is 0 Å². The first-order valence-corrected chi connectivity index (χ1v) is 7.00. The van der Waals surface area contributed by atoms with Crippen molar-refractivity contribution in [2.75, 3.05) is 7.11 Å². The van der Waals surface area contributed by atoms with E-state index in [1.165, 1.54) is 16.7 Å². The molecule has 0 aliphatic carbocycles. The quantitative estimate of drug-likeness (QED) is 0.831. The molecule has 0 heterocycles. The zero-order chi connectivity index (χ0) is 14.6. The van der Waals surface area contributed by atoms with E-state index in [4.69, 9.17) is 10.5 Å². The summed E-state index contributed by atoms with van der Waals surface area (Å²) in [6, 6.07) is 3.96. The molecule has 0 saturated carbocycles. The third kappa shape index (κ3) is 3.71. The first-order valence-electron chi connectivity index (χ1n) is 7.00. The number of hydrogen-bond donors (Lipinski definition) is 2. The van der Waals surface area contributed by atoms with Crippen LogP contribution >= 0.6 is 0 Å². The summed E-state index contributed by atoms with van der Waals surface area (Å²) in [5.74, 6) is 1.21. The van der Waals surface area contributed by atoms with Gasteiger partial charge in [-0.05, 0) is 55.4 Å². The zero-order valence-corrected chi connectivity index (χ0v) is 12.7. The van der Waals surface area contributed by atoms with Gasteiger partial charge in [0.25, 0.3) is 0 Å². The Morgan fingerprint density at radius 3 is 2.42 bits per heavy atom. The van der Waals surface area contributed by atoms with E-state index in [-0.39, 0.29) is 12.0 Å². The molecule has 0 bridgehead atoms. The van der Waals surface area contributed by atoms with Crippen LogP contribution in [0.5, 0.6) is 5.75 Å². The average Bonchev–Trinajstić information content (AvgIpc) is 2.40. The van der Waals surface area contributed by atoms with E-state index in [0.29, 0.717) is 6.42 Å². The second-order valence-corrected chi connectivity index (χ2v) is 5.38. The Morgan fingerprint density at radius 2 is 1.89 bits per heavy atom. The predicted octanol–water partition coefficient (Wildman–Crippen LogP) is 2.90. The van der Waals surface area contributed by atoms with E-state index in [0.717, 1.165) is 12.2 Å². The lowest BCUT2D eigenvalue weighted by Crippen LogP contribution is -2.34. The predicted molar refractivity (Wildman–Crippen MR) is 79.8 cm³/mol. The van der Waals surface area contributed by atoms with Gasteiger partial charge in [0, 0.05) is 6.04 Å². The van der Waals surface area contributed by atoms with Crippen LogP contribution in [0.25, 0.3) is 0 Å². The Kier molecular flexibility index (Phi) is 5.83. The molecular weight excluding hydrogens is 238 g/mol. The second kappa shape index (κ2) is 6.92. The molecule has 1 rings (SSSR count). The highest BCUT2D eigenvalue weighted by atomic mass is 16.5. The van der Waals surface area contributed by atoms with Gasteiger partial charge in [-0.1, -0.05) is 19.9 Å². The van der Waals surface area contributed by atoms with E-state index in [1.807, 2.05) is 13.0 Å². The summed E-state index contributed by atoms with van der Waals surface area (Å²) in [5.41, 5.74) is 9.56. The largest absolute Gasteiger partial charge is 0.496 e. The van der Waals surface area contributed by atoms with Crippen molar-refractivity contribution in [2.45, 2.75) is 58.6 Å². The first kappa shape index (κ1) is 16.0. The Labute approximate surface area is 116 Å². The minimum absolute atomic E-state index is 0.137. The van der Waals surface area contributed by atoms with E-state index in [2.05, 4.69) is 26.8 Å². The summed E-state index contributed by atoms with van der Waals surface area (Å²) in [4.78, 5) is 0. The van der Waals surface area contributed by atoms with Gasteiger partial charge < -0.3 is 15.6 Å². The van der Waals surface area contributed by atoms with Gasteiger partial charge in [-0.25, -0.2) is 0 Å². The molecule has 0 aliphatic rings. The number of aliphatic hydroxyl groups is 1. The molecule has 3 N–H and O–H groups in total. The fraction of sp³-hybridized carbons (Fsp3) is 0.625. The minimum atomic E-state index is -0.443. The maximum Gasteiger partial charge on any atom is 0.122 e. The minimum Gasteiger partial charge on any atom is -0.496 e. The summed E-state index contributed by atoms with van der Waals surface area (Å²) in [6.45, 7) is 8.32. The van der Waals surface area contributed by atoms with Crippen LogP contribution in [0.15, 0.2) is 12.1 Å². The standard InChI is InChI=1S/C16H27NO2/c1-6-14(17)15(18)9-10(2)13-7-8-16(19-5)12(4)11(13)3/h7-8,10,14-15,18H,6,9,17H2,1-5H3. The summed E-state index contributed by atoms with van der Waals surface area (Å²) < 4.78 is 5.33. The summed E-state index contributed by atoms with van der Waals surface area (Å²) in [7, 11) is 1.69. The lowest BCUT2D eigenvalue weighted by Gasteiger charge is -2.23. The lowest BCUT2D eigenvalue weighted by molar-refractivity contribution is 0.126. The number of rotatable bonds is 6. The highest BCUT2D eigenvalue weighted by Crippen LogP contribution is 2.31. The molecule has 0 saturated heterocycles. The first-order chi connectivity index (χ1) is 8.92. The normalized spacial score (nSPS) is 15.9. The molecule has 1 aromatic rings. The SMILES string of the molecule is CCC(N)C(O)CC(C)c1ccc(OC)c(C)c1C. The molecular formula is C16H27NO2. The van der Waals surface area contributed by atoms with Crippen LogP contribution < -0.4 is 10.5 Å². The second-order valence-electron chi connectivity index (χ2n) is 5.38. The number of hydrogen-bond acceptors (Lipinski definition) is 3. The van der Waals surface area contributed by atoms with Crippen LogP contribution in [-0.4, -0.2) is 24.4 Å². The fourth-order valence-electron chi connectivity index (χ4n) is 2.51. The van der Waals surface area contributed by atoms with Gasteiger partial charge in [0.05, 0.1) is 13.2 Å². The molecule has 0 fully saturated rings. The molecule has 19 heavy (non-hydrogen) atoms. The van der Waals surface area contributed by atoms with Crippen LogP contribution in [0, 0.1) is 13.8 Å². The fourth-order valence-corrected chi connectivity index (χ4v) is 2.51. The van der Waals surface area contributed by atoms with Crippen LogP contribution in [0.4, 0.5) is 0 Å². The molecule has 1 aromatic carbocycles. The van der Waals surface area contributed by atoms with E-state index in [9.17, 15) is 5.11 Å². The molecule has 0 amide bonds. The van der Waals surface area contributed by atoms with Gasteiger partial charge in [-0.2, -0.15) is 0 Å². The Balaban J connectivity index is 2.89. The maximum absolute atomic E-state index is 10.1. The van der Waals surface area contributed by atoms with Crippen molar-refractivity contribution >= 4 is 0 Å². The van der Waals surface area contributed by atoms with Crippen molar-refractivity contribution in [1.82, 2.24) is 0 Å². The number of methoxy groups -OCH3 is 1. The Bertz CT molecular complexity index is 417. The van der Waals surface area contributed by atoms with Crippen molar-refractivity contribution < 1.29 is 9.84 Å². The van der Waals surface area contributed by atoms with Gasteiger partial charge >= 0.3 is 0 Å². The molecule has 0 aliphatic heterocycles. The molecule has 3 nitrogen and oxygen atoms in total. The number of ether oxygens (including phenoxy) is 1. The van der Waals surface area contributed by atoms with Gasteiger partial charge in [0.2, 0.25) is 0 Å². The highest BCUT2D eigenvalue weighted by Gasteiger charge is 2.19. The maximum atomic E-state index is 10.1. The smallest absolute Gasteiger partial charge is 0.122 e. The topological polar surface area (TPSA) is 55.5 Å². The Morgan fingerprint density at radius 1 is 1.26 bits per heavy atom. The molecule has 3 atom stereocenters. The molecule has 3 unspecified atom stereocenters. The van der Waals surface area contributed by atoms with Crippen LogP contribution in [-0.2, 0) is 0 Å². The zero-order valence-electron chi connectivity index (χ0n) is 12.7. The monoisotopic (exact) mass is 265 g/mol. The van der Waals surface area contributed by atoms with E-state index >= 15 is 0 Å². The summed E-state index contributed by atoms with van der Waals surface area (Å²) in [5, 5.41) is 10.1. The van der Waals surface area contributed by atoms with Crippen molar-refractivity contribution in [3.8, 4) is 5.75 Å². The van der Waals surface area contributed by atoms with Crippen molar-refractivity contribution in [2.24, 2.45) is 5.73 Å². The summed E-state index contributed by atoms with van der Waals surface area (Å²) >= 11 is 0. The van der Waals surface area contributed by atoms with Crippen molar-refractivity contribution in [1.29, 1.82) is 0 Å². The van der Waals surface area contributed by atoms with Crippen LogP contribution in [0.3, 0.4) is 0 Å². The third-order valence-corrected chi connectivity index (χ3v) is 4.09. The van der Waals surface area contributed by atoms with Crippen molar-refractivity contribution in [3.63, 3.8) is 0 Å². The molecule has 108 valence electrons. The molecule has 0 radical (unpaired) electrons. The van der Waals surface area contributed by atoms with Crippen molar-refractivity contribution in [3.05, 3.63) is 28.8 Å². The van der Waals surface area contributed by atoms with Crippen LogP contribution in [0.1, 0.15) is 49.3 Å². The Hall–Kier alpha value is -1.06. The number of benzene rings is 1.